The molecule has 3 rings (SSSR count). The molecule has 0 spiro atoms. The summed E-state index contributed by atoms with van der Waals surface area (Å²) < 4.78 is 0. The van der Waals surface area contributed by atoms with Gasteiger partial charge in [-0.2, -0.15) is 0 Å². The summed E-state index contributed by atoms with van der Waals surface area (Å²) in [5.74, 6) is -0.496. The number of rotatable bonds is 6. The van der Waals surface area contributed by atoms with Crippen LogP contribution in [0.2, 0.25) is 0 Å². The van der Waals surface area contributed by atoms with Crippen molar-refractivity contribution < 1.29 is 14.4 Å². The maximum absolute atomic E-state index is 12.5. The fourth-order valence-electron chi connectivity index (χ4n) is 4.05. The Labute approximate surface area is 173 Å². The molecule has 1 heterocycles. The van der Waals surface area contributed by atoms with Gasteiger partial charge in [-0.05, 0) is 11.5 Å². The summed E-state index contributed by atoms with van der Waals surface area (Å²) in [7, 11) is 0. The van der Waals surface area contributed by atoms with Gasteiger partial charge in [0.2, 0.25) is 5.91 Å². The van der Waals surface area contributed by atoms with Crippen molar-refractivity contribution in [1.82, 2.24) is 9.80 Å². The van der Waals surface area contributed by atoms with Crippen LogP contribution in [0.5, 0.6) is 0 Å². The van der Waals surface area contributed by atoms with Gasteiger partial charge in [0, 0.05) is 57.7 Å². The van der Waals surface area contributed by atoms with Crippen molar-refractivity contribution in [1.29, 1.82) is 0 Å². The van der Waals surface area contributed by atoms with Crippen molar-refractivity contribution in [2.75, 3.05) is 39.3 Å². The molecule has 2 fully saturated rings. The molecule has 0 atom stereocenters. The van der Waals surface area contributed by atoms with Crippen molar-refractivity contribution in [3.8, 4) is 0 Å². The zero-order valence-electron chi connectivity index (χ0n) is 17.4. The van der Waals surface area contributed by atoms with Crippen molar-refractivity contribution in [2.45, 2.75) is 32.6 Å². The summed E-state index contributed by atoms with van der Waals surface area (Å²) in [5.41, 5.74) is 1.06. The minimum atomic E-state index is -0.685. The minimum absolute atomic E-state index is 0.00862. The fraction of sp³-hybridized carbons (Fsp3) is 0.565. The van der Waals surface area contributed by atoms with E-state index in [9.17, 15) is 14.4 Å². The van der Waals surface area contributed by atoms with E-state index in [0.717, 1.165) is 38.3 Å². The standard InChI is InChI=1S/C23H31N3O3/c1-17(2)23(29)26-12-10-25(11-13-26)9-8-24-16-20-21(27)14-19(15-22(20)28)18-6-4-3-5-7-18/h3-7,16-17,19-20H,8-15H2,1-2H3. The van der Waals surface area contributed by atoms with Crippen LogP contribution >= 0.6 is 0 Å². The van der Waals surface area contributed by atoms with Gasteiger partial charge in [0.15, 0.2) is 0 Å². The molecule has 0 aromatic heterocycles. The van der Waals surface area contributed by atoms with Crippen LogP contribution in [0.1, 0.15) is 38.2 Å². The fourth-order valence-corrected chi connectivity index (χ4v) is 4.05. The molecule has 1 aromatic rings. The number of carbonyl (C=O) groups is 3. The summed E-state index contributed by atoms with van der Waals surface area (Å²) in [5, 5.41) is 0. The number of ketones is 2. The van der Waals surface area contributed by atoms with E-state index in [-0.39, 0.29) is 29.3 Å². The number of hydrogen-bond acceptors (Lipinski definition) is 5. The van der Waals surface area contributed by atoms with Crippen LogP contribution in [0.25, 0.3) is 0 Å². The highest BCUT2D eigenvalue weighted by Gasteiger charge is 2.34. The molecule has 1 saturated carbocycles. The van der Waals surface area contributed by atoms with Crippen LogP contribution in [-0.2, 0) is 14.4 Å². The van der Waals surface area contributed by atoms with Crippen LogP contribution in [0.15, 0.2) is 35.3 Å². The van der Waals surface area contributed by atoms with Crippen LogP contribution in [0, 0.1) is 11.8 Å². The van der Waals surface area contributed by atoms with Gasteiger partial charge in [-0.1, -0.05) is 44.2 Å². The molecular formula is C23H31N3O3. The molecule has 2 aliphatic rings. The highest BCUT2D eigenvalue weighted by molar-refractivity contribution is 6.16. The Morgan fingerprint density at radius 1 is 1.07 bits per heavy atom. The topological polar surface area (TPSA) is 70.1 Å². The molecule has 1 aromatic carbocycles. The van der Waals surface area contributed by atoms with Gasteiger partial charge >= 0.3 is 0 Å². The van der Waals surface area contributed by atoms with Crippen LogP contribution in [0.3, 0.4) is 0 Å². The van der Waals surface area contributed by atoms with E-state index in [4.69, 9.17) is 0 Å². The Kier molecular flexibility index (Phi) is 7.31. The van der Waals surface area contributed by atoms with Gasteiger partial charge in [0.1, 0.15) is 17.5 Å². The average Bonchev–Trinajstić information content (AvgIpc) is 2.73. The van der Waals surface area contributed by atoms with E-state index in [1.54, 1.807) is 6.21 Å². The summed E-state index contributed by atoms with van der Waals surface area (Å²) in [6.45, 7) is 8.39. The first kappa shape index (κ1) is 21.4. The van der Waals surface area contributed by atoms with E-state index in [2.05, 4.69) is 9.89 Å². The Morgan fingerprint density at radius 3 is 2.28 bits per heavy atom. The molecule has 0 bridgehead atoms. The molecule has 29 heavy (non-hydrogen) atoms. The van der Waals surface area contributed by atoms with E-state index in [0.29, 0.717) is 19.4 Å². The summed E-state index contributed by atoms with van der Waals surface area (Å²) >= 11 is 0. The lowest BCUT2D eigenvalue weighted by Gasteiger charge is -2.35. The number of nitrogens with zero attached hydrogens (tertiary/aromatic N) is 3. The van der Waals surface area contributed by atoms with E-state index in [1.165, 1.54) is 0 Å². The summed E-state index contributed by atoms with van der Waals surface area (Å²) in [6, 6.07) is 9.78. The van der Waals surface area contributed by atoms with Gasteiger partial charge in [0.25, 0.3) is 0 Å². The molecule has 1 amide bonds. The second kappa shape index (κ2) is 9.92. The summed E-state index contributed by atoms with van der Waals surface area (Å²) in [6.07, 6.45) is 2.36. The number of carbonyl (C=O) groups excluding carboxylic acids is 3. The molecule has 6 heteroatoms. The normalized spacial score (nSPS) is 23.9. The van der Waals surface area contributed by atoms with Gasteiger partial charge in [-0.3, -0.25) is 24.3 Å². The van der Waals surface area contributed by atoms with Gasteiger partial charge < -0.3 is 4.90 Å². The maximum atomic E-state index is 12.5. The minimum Gasteiger partial charge on any atom is -0.340 e. The van der Waals surface area contributed by atoms with Crippen molar-refractivity contribution >= 4 is 23.7 Å². The molecular weight excluding hydrogens is 366 g/mol. The number of benzene rings is 1. The number of aliphatic imine (C=N–C) groups is 1. The molecule has 1 aliphatic heterocycles. The molecule has 0 N–H and O–H groups in total. The average molecular weight is 398 g/mol. The molecule has 0 unspecified atom stereocenters. The Hall–Kier alpha value is -2.34. The largest absolute Gasteiger partial charge is 0.340 e. The molecule has 6 nitrogen and oxygen atoms in total. The SMILES string of the molecule is CC(C)C(=O)N1CCN(CCN=CC2C(=O)CC(c3ccccc3)CC2=O)CC1. The predicted octanol–water partition coefficient (Wildman–Crippen LogP) is 2.19. The first-order valence-electron chi connectivity index (χ1n) is 10.6. The molecule has 1 saturated heterocycles. The van der Waals surface area contributed by atoms with Crippen molar-refractivity contribution in [3.63, 3.8) is 0 Å². The van der Waals surface area contributed by atoms with Gasteiger partial charge in [-0.15, -0.1) is 0 Å². The zero-order valence-corrected chi connectivity index (χ0v) is 17.4. The first-order valence-corrected chi connectivity index (χ1v) is 10.6. The molecule has 1 aliphatic carbocycles. The Balaban J connectivity index is 1.43. The van der Waals surface area contributed by atoms with Crippen molar-refractivity contribution in [2.24, 2.45) is 16.8 Å². The lowest BCUT2D eigenvalue weighted by molar-refractivity contribution is -0.136. The van der Waals surface area contributed by atoms with Crippen LogP contribution in [0.4, 0.5) is 0 Å². The highest BCUT2D eigenvalue weighted by Crippen LogP contribution is 2.31. The van der Waals surface area contributed by atoms with E-state index >= 15 is 0 Å². The molecule has 0 radical (unpaired) electrons. The zero-order chi connectivity index (χ0) is 20.8. The Bertz CT molecular complexity index is 734. The van der Waals surface area contributed by atoms with Gasteiger partial charge in [-0.25, -0.2) is 0 Å². The number of amides is 1. The second-order valence-corrected chi connectivity index (χ2v) is 8.30. The number of hydrogen-bond donors (Lipinski definition) is 0. The van der Waals surface area contributed by atoms with E-state index in [1.807, 2.05) is 49.1 Å². The van der Waals surface area contributed by atoms with Crippen LogP contribution in [-0.4, -0.2) is 72.8 Å². The quantitative estimate of drug-likeness (QED) is 0.545. The van der Waals surface area contributed by atoms with Crippen molar-refractivity contribution in [3.05, 3.63) is 35.9 Å². The Morgan fingerprint density at radius 2 is 1.69 bits per heavy atom. The van der Waals surface area contributed by atoms with E-state index < -0.39 is 5.92 Å². The lowest BCUT2D eigenvalue weighted by atomic mass is 9.77. The number of piperazine rings is 1. The highest BCUT2D eigenvalue weighted by atomic mass is 16.2. The van der Waals surface area contributed by atoms with Gasteiger partial charge in [0.05, 0.1) is 6.54 Å². The second-order valence-electron chi connectivity index (χ2n) is 8.30. The maximum Gasteiger partial charge on any atom is 0.225 e. The third kappa shape index (κ3) is 5.60. The predicted molar refractivity (Wildman–Crippen MR) is 113 cm³/mol. The smallest absolute Gasteiger partial charge is 0.225 e. The van der Waals surface area contributed by atoms with Crippen LogP contribution < -0.4 is 0 Å². The molecule has 156 valence electrons. The first-order chi connectivity index (χ1) is 14.0. The third-order valence-electron chi connectivity index (χ3n) is 5.84. The number of Topliss-reactive ketones (excluding diaryl/α,β-unsaturated/α-hetero) is 2. The summed E-state index contributed by atoms with van der Waals surface area (Å²) in [4.78, 5) is 45.6. The third-order valence-corrected chi connectivity index (χ3v) is 5.84. The monoisotopic (exact) mass is 397 g/mol. The lowest BCUT2D eigenvalue weighted by Crippen LogP contribution is -2.50.